The molecule has 0 atom stereocenters. The average Bonchev–Trinajstić information content (AvgIpc) is 3.36. The van der Waals surface area contributed by atoms with Crippen LogP contribution < -0.4 is 6.15 Å². The van der Waals surface area contributed by atoms with Crippen molar-refractivity contribution in [2.45, 2.75) is 122 Å². The van der Waals surface area contributed by atoms with Crippen molar-refractivity contribution < 1.29 is 5.11 Å². The van der Waals surface area contributed by atoms with Gasteiger partial charge in [-0.05, 0) is 25.0 Å². The molecule has 0 aliphatic heterocycles. The number of para-hydroxylation sites is 1. The second-order valence-corrected chi connectivity index (χ2v) is 10.1. The molecule has 2 heterocycles. The van der Waals surface area contributed by atoms with Crippen molar-refractivity contribution in [3.63, 3.8) is 0 Å². The number of aryl methyl sites for hydroxylation is 1. The first-order valence-electron chi connectivity index (χ1n) is 14.8. The van der Waals surface area contributed by atoms with E-state index in [1.54, 1.807) is 0 Å². The molecule has 3 aromatic rings. The normalized spacial score (nSPS) is 10.4. The van der Waals surface area contributed by atoms with E-state index in [0.717, 1.165) is 23.5 Å². The number of hydrogen-bond acceptors (Lipinski definition) is 4. The fourth-order valence-electron chi connectivity index (χ4n) is 4.64. The number of pyridine rings is 1. The molecule has 0 amide bonds. The van der Waals surface area contributed by atoms with Gasteiger partial charge in [0.25, 0.3) is 0 Å². The minimum absolute atomic E-state index is 0. The predicted molar refractivity (Wildman–Crippen MR) is 167 cm³/mol. The van der Waals surface area contributed by atoms with Crippen LogP contribution in [0.5, 0.6) is 0 Å². The average molecular weight is 547 g/mol. The molecule has 6 heteroatoms. The SMILES string of the molecule is CCCCCCCCCCCCCCCCCCc1c[nH]c(CCO)n1.Cl.N.c1ccc2ncccc2c1. The molecular formula is C32H55ClN4O. The van der Waals surface area contributed by atoms with E-state index in [1.165, 1.54) is 108 Å². The number of hydrogen-bond donors (Lipinski definition) is 3. The summed E-state index contributed by atoms with van der Waals surface area (Å²) in [6.07, 6.45) is 28.1. The zero-order valence-electron chi connectivity index (χ0n) is 24.0. The molecule has 5 nitrogen and oxygen atoms in total. The van der Waals surface area contributed by atoms with Gasteiger partial charge in [0.1, 0.15) is 5.82 Å². The largest absolute Gasteiger partial charge is 0.396 e. The number of unbranched alkanes of at least 4 members (excludes halogenated alkanes) is 15. The molecule has 0 fully saturated rings. The first kappa shape index (κ1) is 36.0. The molecule has 0 spiro atoms. The summed E-state index contributed by atoms with van der Waals surface area (Å²) in [6, 6.07) is 12.1. The van der Waals surface area contributed by atoms with Gasteiger partial charge in [0.05, 0.1) is 17.8 Å². The van der Waals surface area contributed by atoms with Gasteiger partial charge >= 0.3 is 0 Å². The van der Waals surface area contributed by atoms with Crippen LogP contribution in [-0.2, 0) is 12.8 Å². The third-order valence-corrected chi connectivity index (χ3v) is 6.83. The number of nitrogens with one attached hydrogen (secondary N) is 1. The van der Waals surface area contributed by atoms with Gasteiger partial charge in [-0.1, -0.05) is 128 Å². The second kappa shape index (κ2) is 25.3. The van der Waals surface area contributed by atoms with Crippen molar-refractivity contribution in [1.29, 1.82) is 0 Å². The number of aliphatic hydroxyl groups excluding tert-OH is 1. The fourth-order valence-corrected chi connectivity index (χ4v) is 4.64. The molecule has 0 bridgehead atoms. The summed E-state index contributed by atoms with van der Waals surface area (Å²) in [6.45, 7) is 2.46. The first-order valence-corrected chi connectivity index (χ1v) is 14.8. The summed E-state index contributed by atoms with van der Waals surface area (Å²) in [5.74, 6) is 0.916. The van der Waals surface area contributed by atoms with E-state index >= 15 is 0 Å². The highest BCUT2D eigenvalue weighted by Crippen LogP contribution is 2.14. The van der Waals surface area contributed by atoms with Crippen LogP contribution in [0.4, 0.5) is 0 Å². The van der Waals surface area contributed by atoms with E-state index in [0.29, 0.717) is 6.42 Å². The lowest BCUT2D eigenvalue weighted by Gasteiger charge is -2.03. The molecule has 0 saturated carbocycles. The van der Waals surface area contributed by atoms with Crippen LogP contribution in [0.1, 0.15) is 121 Å². The Hall–Kier alpha value is -1.95. The minimum atomic E-state index is 0. The summed E-state index contributed by atoms with van der Waals surface area (Å²) in [4.78, 5) is 11.8. The lowest BCUT2D eigenvalue weighted by molar-refractivity contribution is 0.297. The smallest absolute Gasteiger partial charge is 0.108 e. The molecular weight excluding hydrogens is 492 g/mol. The standard InChI is InChI=1S/C23H44N2O.C9H7N.ClH.H3N/c1-2-3-4-5-6-7-8-9-10-11-12-13-14-15-16-17-18-22-21-24-23(25-22)19-20-26;1-2-6-9-8(4-1)5-3-7-10-9;;/h21,26H,2-20H2,1H3,(H,24,25);1-7H;1H;1H3. The molecule has 38 heavy (non-hydrogen) atoms. The number of aliphatic hydroxyl groups is 1. The molecule has 0 aliphatic rings. The highest BCUT2D eigenvalue weighted by atomic mass is 35.5. The number of rotatable bonds is 19. The molecule has 1 aromatic carbocycles. The minimum Gasteiger partial charge on any atom is -0.396 e. The van der Waals surface area contributed by atoms with Crippen LogP contribution in [0.3, 0.4) is 0 Å². The fraction of sp³-hybridized carbons (Fsp3) is 0.625. The second-order valence-electron chi connectivity index (χ2n) is 10.1. The quantitative estimate of drug-likeness (QED) is 0.130. The highest BCUT2D eigenvalue weighted by molar-refractivity contribution is 5.85. The van der Waals surface area contributed by atoms with Crippen molar-refractivity contribution >= 4 is 23.3 Å². The van der Waals surface area contributed by atoms with Crippen molar-refractivity contribution in [1.82, 2.24) is 21.1 Å². The topological polar surface area (TPSA) is 96.8 Å². The van der Waals surface area contributed by atoms with Crippen LogP contribution in [-0.4, -0.2) is 26.7 Å². The van der Waals surface area contributed by atoms with Gasteiger partial charge < -0.3 is 16.2 Å². The summed E-state index contributed by atoms with van der Waals surface area (Å²) in [5.41, 5.74) is 2.21. The Kier molecular flexibility index (Phi) is 24.0. The van der Waals surface area contributed by atoms with E-state index in [1.807, 2.05) is 36.7 Å². The van der Waals surface area contributed by atoms with Gasteiger partial charge in [-0.3, -0.25) is 4.98 Å². The number of benzene rings is 1. The molecule has 3 rings (SSSR count). The molecule has 216 valence electrons. The first-order chi connectivity index (χ1) is 17.8. The summed E-state index contributed by atoms with van der Waals surface area (Å²) in [5, 5.41) is 10.1. The van der Waals surface area contributed by atoms with E-state index < -0.39 is 0 Å². The third-order valence-electron chi connectivity index (χ3n) is 6.83. The number of nitrogens with zero attached hydrogens (tertiary/aromatic N) is 2. The molecule has 0 saturated heterocycles. The highest BCUT2D eigenvalue weighted by Gasteiger charge is 2.01. The van der Waals surface area contributed by atoms with Crippen LogP contribution in [0.15, 0.2) is 48.8 Å². The third kappa shape index (κ3) is 17.5. The van der Waals surface area contributed by atoms with Crippen LogP contribution in [0, 0.1) is 0 Å². The van der Waals surface area contributed by atoms with Crippen molar-refractivity contribution in [2.75, 3.05) is 6.61 Å². The van der Waals surface area contributed by atoms with Gasteiger partial charge in [-0.2, -0.15) is 0 Å². The number of fused-ring (bicyclic) bond motifs is 1. The Bertz CT molecular complexity index is 836. The molecule has 5 N–H and O–H groups in total. The van der Waals surface area contributed by atoms with Gasteiger partial charge in [0.2, 0.25) is 0 Å². The van der Waals surface area contributed by atoms with Crippen molar-refractivity contribution in [3.05, 3.63) is 60.3 Å². The van der Waals surface area contributed by atoms with E-state index in [9.17, 15) is 0 Å². The van der Waals surface area contributed by atoms with E-state index in [2.05, 4.69) is 34.0 Å². The number of aromatic nitrogens is 3. The Morgan fingerprint density at radius 2 is 1.21 bits per heavy atom. The zero-order chi connectivity index (χ0) is 25.5. The number of imidazole rings is 1. The maximum atomic E-state index is 8.89. The van der Waals surface area contributed by atoms with E-state index in [4.69, 9.17) is 5.11 Å². The van der Waals surface area contributed by atoms with Crippen LogP contribution in [0.2, 0.25) is 0 Å². The predicted octanol–water partition coefficient (Wildman–Crippen LogP) is 9.57. The Morgan fingerprint density at radius 1 is 0.684 bits per heavy atom. The number of aromatic amines is 1. The van der Waals surface area contributed by atoms with Gasteiger partial charge in [-0.15, -0.1) is 12.4 Å². The molecule has 0 aliphatic carbocycles. The maximum absolute atomic E-state index is 8.89. The molecule has 0 unspecified atom stereocenters. The zero-order valence-corrected chi connectivity index (χ0v) is 24.8. The van der Waals surface area contributed by atoms with Gasteiger partial charge in [0.15, 0.2) is 0 Å². The maximum Gasteiger partial charge on any atom is 0.108 e. The Morgan fingerprint density at radius 3 is 1.76 bits per heavy atom. The lowest BCUT2D eigenvalue weighted by Crippen LogP contribution is -1.93. The summed E-state index contributed by atoms with van der Waals surface area (Å²) >= 11 is 0. The van der Waals surface area contributed by atoms with Crippen LogP contribution in [0.25, 0.3) is 10.9 Å². The van der Waals surface area contributed by atoms with E-state index in [-0.39, 0.29) is 25.2 Å². The Labute approximate surface area is 238 Å². The number of halogens is 1. The lowest BCUT2D eigenvalue weighted by atomic mass is 10.0. The monoisotopic (exact) mass is 546 g/mol. The van der Waals surface area contributed by atoms with Gasteiger partial charge in [0, 0.05) is 24.2 Å². The van der Waals surface area contributed by atoms with Crippen LogP contribution >= 0.6 is 12.4 Å². The van der Waals surface area contributed by atoms with Crippen molar-refractivity contribution in [3.8, 4) is 0 Å². The molecule has 0 radical (unpaired) electrons. The van der Waals surface area contributed by atoms with Crippen molar-refractivity contribution in [2.24, 2.45) is 0 Å². The van der Waals surface area contributed by atoms with Gasteiger partial charge in [-0.25, -0.2) is 4.98 Å². The number of H-pyrrole nitrogens is 1. The Balaban J connectivity index is 0.000000947. The summed E-state index contributed by atoms with van der Waals surface area (Å²) < 4.78 is 0. The molecule has 2 aromatic heterocycles. The summed E-state index contributed by atoms with van der Waals surface area (Å²) in [7, 11) is 0.